The zero-order chi connectivity index (χ0) is 18.0. The number of methoxy groups -OCH3 is 1. The van der Waals surface area contributed by atoms with Gasteiger partial charge in [-0.05, 0) is 37.7 Å². The number of pyridine rings is 1. The Morgan fingerprint density at radius 1 is 1.48 bits per heavy atom. The Morgan fingerprint density at radius 2 is 2.24 bits per heavy atom. The number of hydrogen-bond acceptors (Lipinski definition) is 5. The van der Waals surface area contributed by atoms with E-state index in [0.717, 1.165) is 19.6 Å². The minimum atomic E-state index is -0.459. The van der Waals surface area contributed by atoms with Gasteiger partial charge in [-0.1, -0.05) is 0 Å². The third-order valence-electron chi connectivity index (χ3n) is 5.20. The second-order valence-corrected chi connectivity index (χ2v) is 7.00. The van der Waals surface area contributed by atoms with Gasteiger partial charge in [-0.3, -0.25) is 14.5 Å². The number of aryl methyl sites for hydroxylation is 1. The number of aromatic amines is 1. The van der Waals surface area contributed by atoms with Gasteiger partial charge < -0.3 is 15.0 Å². The molecule has 0 radical (unpaired) electrons. The summed E-state index contributed by atoms with van der Waals surface area (Å²) in [4.78, 5) is 29.3. The van der Waals surface area contributed by atoms with E-state index in [1.54, 1.807) is 14.0 Å². The Balaban J connectivity index is 1.73. The van der Waals surface area contributed by atoms with Crippen LogP contribution in [0.25, 0.3) is 0 Å². The maximum Gasteiger partial charge on any atom is 0.266 e. The van der Waals surface area contributed by atoms with Gasteiger partial charge in [-0.15, -0.1) is 0 Å². The van der Waals surface area contributed by atoms with E-state index in [1.807, 2.05) is 6.07 Å². The molecule has 1 saturated carbocycles. The number of likely N-dealkylation sites (tertiary alicyclic amines) is 1. The molecule has 0 aromatic carbocycles. The number of nitriles is 1. The maximum absolute atomic E-state index is 12.7. The standard InChI is InChI=1S/C18H24N4O3/c1-11-14(7-13(8-19)17(23)20-11)18(24)21-16-10-22(5-6-25-2)9-15(16)12-3-4-12/h7,12,15-16H,3-6,9-10H2,1-2H3,(H,20,23)(H,21,24)/t15-,16+/m0/s1. The number of H-pyrrole nitrogens is 1. The van der Waals surface area contributed by atoms with E-state index >= 15 is 0 Å². The van der Waals surface area contributed by atoms with E-state index in [4.69, 9.17) is 10.00 Å². The average Bonchev–Trinajstić information content (AvgIpc) is 3.35. The third kappa shape index (κ3) is 3.91. The summed E-state index contributed by atoms with van der Waals surface area (Å²) >= 11 is 0. The van der Waals surface area contributed by atoms with Crippen LogP contribution in [0.15, 0.2) is 10.9 Å². The van der Waals surface area contributed by atoms with Crippen molar-refractivity contribution in [3.8, 4) is 6.07 Å². The number of hydrogen-bond donors (Lipinski definition) is 2. The summed E-state index contributed by atoms with van der Waals surface area (Å²) in [6, 6.07) is 3.31. The van der Waals surface area contributed by atoms with E-state index in [0.29, 0.717) is 29.7 Å². The Kier molecular flexibility index (Phi) is 5.21. The lowest BCUT2D eigenvalue weighted by Crippen LogP contribution is -2.42. The van der Waals surface area contributed by atoms with Crippen LogP contribution >= 0.6 is 0 Å². The Hall–Kier alpha value is -2.17. The van der Waals surface area contributed by atoms with Crippen LogP contribution in [0, 0.1) is 30.1 Å². The molecule has 1 amide bonds. The SMILES string of the molecule is COCCN1C[C@@H](NC(=O)c2cc(C#N)c(=O)[nH]c2C)[C@H](C2CC2)C1. The van der Waals surface area contributed by atoms with Gasteiger partial charge in [-0.2, -0.15) is 5.26 Å². The van der Waals surface area contributed by atoms with Gasteiger partial charge in [-0.25, -0.2) is 0 Å². The first-order valence-corrected chi connectivity index (χ1v) is 8.69. The molecule has 2 N–H and O–H groups in total. The highest BCUT2D eigenvalue weighted by molar-refractivity contribution is 5.95. The molecule has 1 aliphatic carbocycles. The van der Waals surface area contributed by atoms with Crippen LogP contribution in [0.4, 0.5) is 0 Å². The molecular weight excluding hydrogens is 320 g/mol. The number of rotatable bonds is 6. The third-order valence-corrected chi connectivity index (χ3v) is 5.20. The first-order valence-electron chi connectivity index (χ1n) is 8.69. The van der Waals surface area contributed by atoms with Crippen LogP contribution in [-0.4, -0.2) is 55.2 Å². The van der Waals surface area contributed by atoms with Crippen LogP contribution < -0.4 is 10.9 Å². The number of nitrogens with zero attached hydrogens (tertiary/aromatic N) is 2. The zero-order valence-electron chi connectivity index (χ0n) is 14.7. The largest absolute Gasteiger partial charge is 0.383 e. The summed E-state index contributed by atoms with van der Waals surface area (Å²) in [5, 5.41) is 12.2. The number of carbonyl (C=O) groups excluding carboxylic acids is 1. The molecule has 1 aromatic rings. The molecule has 1 saturated heterocycles. The highest BCUT2D eigenvalue weighted by Crippen LogP contribution is 2.41. The van der Waals surface area contributed by atoms with Gasteiger partial charge >= 0.3 is 0 Å². The monoisotopic (exact) mass is 344 g/mol. The highest BCUT2D eigenvalue weighted by atomic mass is 16.5. The van der Waals surface area contributed by atoms with Gasteiger partial charge in [0.1, 0.15) is 11.6 Å². The first kappa shape index (κ1) is 17.6. The number of nitrogens with one attached hydrogen (secondary N) is 2. The molecule has 2 atom stereocenters. The summed E-state index contributed by atoms with van der Waals surface area (Å²) in [5.74, 6) is 0.915. The number of amides is 1. The average molecular weight is 344 g/mol. The molecule has 2 heterocycles. The van der Waals surface area contributed by atoms with Crippen molar-refractivity contribution < 1.29 is 9.53 Å². The molecule has 0 spiro atoms. The summed E-state index contributed by atoms with van der Waals surface area (Å²) < 4.78 is 5.16. The smallest absolute Gasteiger partial charge is 0.266 e. The molecule has 2 aliphatic rings. The van der Waals surface area contributed by atoms with E-state index in [2.05, 4.69) is 15.2 Å². The van der Waals surface area contributed by atoms with Crippen LogP contribution in [0.3, 0.4) is 0 Å². The molecule has 1 aromatic heterocycles. The zero-order valence-corrected chi connectivity index (χ0v) is 14.7. The predicted octanol–water partition coefficient (Wildman–Crippen LogP) is 0.642. The first-order chi connectivity index (χ1) is 12.0. The fourth-order valence-corrected chi connectivity index (χ4v) is 3.66. The molecule has 25 heavy (non-hydrogen) atoms. The van der Waals surface area contributed by atoms with Crippen molar-refractivity contribution in [1.82, 2.24) is 15.2 Å². The lowest BCUT2D eigenvalue weighted by molar-refractivity contribution is 0.0926. The molecule has 3 rings (SSSR count). The molecule has 0 bridgehead atoms. The summed E-state index contributed by atoms with van der Waals surface area (Å²) in [6.45, 7) is 5.01. The van der Waals surface area contributed by atoms with Crippen molar-refractivity contribution in [3.63, 3.8) is 0 Å². The Labute approximate surface area is 147 Å². The quantitative estimate of drug-likeness (QED) is 0.789. The van der Waals surface area contributed by atoms with Crippen LogP contribution in [0.5, 0.6) is 0 Å². The van der Waals surface area contributed by atoms with Crippen molar-refractivity contribution in [1.29, 1.82) is 5.26 Å². The minimum absolute atomic E-state index is 0.0392. The second kappa shape index (κ2) is 7.38. The Morgan fingerprint density at radius 3 is 2.88 bits per heavy atom. The molecule has 7 heteroatoms. The van der Waals surface area contributed by atoms with Gasteiger partial charge in [0.2, 0.25) is 0 Å². The minimum Gasteiger partial charge on any atom is -0.383 e. The van der Waals surface area contributed by atoms with Gasteiger partial charge in [0.25, 0.3) is 11.5 Å². The molecule has 134 valence electrons. The normalized spacial score (nSPS) is 23.4. The van der Waals surface area contributed by atoms with Crippen molar-refractivity contribution in [2.45, 2.75) is 25.8 Å². The molecule has 0 unspecified atom stereocenters. The van der Waals surface area contributed by atoms with Gasteiger partial charge in [0.15, 0.2) is 0 Å². The molecule has 1 aliphatic heterocycles. The summed E-state index contributed by atoms with van der Waals surface area (Å²) in [5.41, 5.74) is 0.349. The number of ether oxygens (including phenoxy) is 1. The fraction of sp³-hybridized carbons (Fsp3) is 0.611. The maximum atomic E-state index is 12.7. The van der Waals surface area contributed by atoms with Crippen molar-refractivity contribution in [2.75, 3.05) is 33.4 Å². The lowest BCUT2D eigenvalue weighted by atomic mass is 9.97. The predicted molar refractivity (Wildman–Crippen MR) is 92.3 cm³/mol. The molecular formula is C18H24N4O3. The molecule has 7 nitrogen and oxygen atoms in total. The van der Waals surface area contributed by atoms with Crippen molar-refractivity contribution >= 4 is 5.91 Å². The number of aromatic nitrogens is 1. The topological polar surface area (TPSA) is 98.2 Å². The van der Waals surface area contributed by atoms with E-state index in [9.17, 15) is 9.59 Å². The van der Waals surface area contributed by atoms with Crippen LogP contribution in [-0.2, 0) is 4.74 Å². The second-order valence-electron chi connectivity index (χ2n) is 7.00. The molecule has 2 fully saturated rings. The summed E-state index contributed by atoms with van der Waals surface area (Å²) in [6.07, 6.45) is 2.46. The highest BCUT2D eigenvalue weighted by Gasteiger charge is 2.42. The van der Waals surface area contributed by atoms with E-state index < -0.39 is 5.56 Å². The van der Waals surface area contributed by atoms with Crippen LogP contribution in [0.1, 0.15) is 34.5 Å². The Bertz CT molecular complexity index is 748. The lowest BCUT2D eigenvalue weighted by Gasteiger charge is -2.20. The van der Waals surface area contributed by atoms with Crippen molar-refractivity contribution in [3.05, 3.63) is 33.2 Å². The van der Waals surface area contributed by atoms with Crippen molar-refractivity contribution in [2.24, 2.45) is 11.8 Å². The van der Waals surface area contributed by atoms with E-state index in [-0.39, 0.29) is 17.5 Å². The fourth-order valence-electron chi connectivity index (χ4n) is 3.66. The van der Waals surface area contributed by atoms with Gasteiger partial charge in [0, 0.05) is 38.5 Å². The van der Waals surface area contributed by atoms with Crippen LogP contribution in [0.2, 0.25) is 0 Å². The summed E-state index contributed by atoms with van der Waals surface area (Å²) in [7, 11) is 1.69. The van der Waals surface area contributed by atoms with Gasteiger partial charge in [0.05, 0.1) is 12.2 Å². The number of carbonyl (C=O) groups is 1. The van der Waals surface area contributed by atoms with E-state index in [1.165, 1.54) is 18.9 Å².